The molecule has 1 heteroatoms. The number of hydrogen-bond donors (Lipinski definition) is 1. The van der Waals surface area contributed by atoms with Crippen molar-refractivity contribution in [2.75, 3.05) is 6.54 Å². The van der Waals surface area contributed by atoms with Crippen LogP contribution in [0.2, 0.25) is 0 Å². The van der Waals surface area contributed by atoms with Crippen LogP contribution in [0.5, 0.6) is 0 Å². The smallest absolute Gasteiger partial charge is 0.00676 e. The van der Waals surface area contributed by atoms with E-state index in [0.29, 0.717) is 6.04 Å². The molecule has 1 unspecified atom stereocenters. The van der Waals surface area contributed by atoms with Crippen molar-refractivity contribution in [3.8, 4) is 0 Å². The summed E-state index contributed by atoms with van der Waals surface area (Å²) >= 11 is 0. The largest absolute Gasteiger partial charge is 0.314 e. The molecule has 0 aliphatic carbocycles. The minimum absolute atomic E-state index is 0.677. The molecule has 0 saturated carbocycles. The standard InChI is InChI=1S/C16H27N/c1-5-9-17-16(6-2)8-7-15-11-13(3)10-14(4)12-15/h10-12,16-17H,5-9H2,1-4H3. The van der Waals surface area contributed by atoms with Crippen molar-refractivity contribution in [2.24, 2.45) is 0 Å². The SMILES string of the molecule is CCCNC(CC)CCc1cc(C)cc(C)c1. The van der Waals surface area contributed by atoms with Gasteiger partial charge in [-0.3, -0.25) is 0 Å². The van der Waals surface area contributed by atoms with Crippen LogP contribution in [0.1, 0.15) is 49.8 Å². The maximum absolute atomic E-state index is 3.62. The van der Waals surface area contributed by atoms with Crippen LogP contribution in [-0.2, 0) is 6.42 Å². The van der Waals surface area contributed by atoms with E-state index in [9.17, 15) is 0 Å². The van der Waals surface area contributed by atoms with Crippen molar-refractivity contribution in [3.63, 3.8) is 0 Å². The number of aryl methyl sites for hydroxylation is 3. The molecule has 0 aliphatic rings. The second-order valence-electron chi connectivity index (χ2n) is 5.09. The molecule has 1 N–H and O–H groups in total. The van der Waals surface area contributed by atoms with Crippen LogP contribution in [0.25, 0.3) is 0 Å². The molecule has 0 heterocycles. The average Bonchev–Trinajstić information content (AvgIpc) is 2.28. The van der Waals surface area contributed by atoms with Crippen LogP contribution in [0.4, 0.5) is 0 Å². The van der Waals surface area contributed by atoms with E-state index >= 15 is 0 Å². The van der Waals surface area contributed by atoms with Crippen molar-refractivity contribution < 1.29 is 0 Å². The summed E-state index contributed by atoms with van der Waals surface area (Å²) in [7, 11) is 0. The van der Waals surface area contributed by atoms with Crippen LogP contribution in [0, 0.1) is 13.8 Å². The van der Waals surface area contributed by atoms with E-state index in [2.05, 4.69) is 51.2 Å². The van der Waals surface area contributed by atoms with Gasteiger partial charge in [-0.2, -0.15) is 0 Å². The first-order valence-corrected chi connectivity index (χ1v) is 6.96. The first-order chi connectivity index (χ1) is 8.15. The van der Waals surface area contributed by atoms with Gasteiger partial charge in [0.2, 0.25) is 0 Å². The lowest BCUT2D eigenvalue weighted by Gasteiger charge is -2.16. The normalized spacial score (nSPS) is 12.7. The summed E-state index contributed by atoms with van der Waals surface area (Å²) in [6.45, 7) is 10.0. The Labute approximate surface area is 107 Å². The van der Waals surface area contributed by atoms with Crippen LogP contribution < -0.4 is 5.32 Å². The molecule has 0 saturated heterocycles. The van der Waals surface area contributed by atoms with E-state index < -0.39 is 0 Å². The molecule has 0 spiro atoms. The van der Waals surface area contributed by atoms with E-state index in [1.165, 1.54) is 42.4 Å². The lowest BCUT2D eigenvalue weighted by molar-refractivity contribution is 0.468. The Bertz CT molecular complexity index is 310. The second kappa shape index (κ2) is 7.50. The zero-order chi connectivity index (χ0) is 12.7. The molecule has 17 heavy (non-hydrogen) atoms. The molecule has 1 rings (SSSR count). The zero-order valence-corrected chi connectivity index (χ0v) is 11.8. The van der Waals surface area contributed by atoms with Crippen LogP contribution in [-0.4, -0.2) is 12.6 Å². The van der Waals surface area contributed by atoms with Crippen LogP contribution >= 0.6 is 0 Å². The summed E-state index contributed by atoms with van der Waals surface area (Å²) in [5.41, 5.74) is 4.25. The third-order valence-corrected chi connectivity index (χ3v) is 3.24. The third kappa shape index (κ3) is 5.36. The predicted octanol–water partition coefficient (Wildman–Crippen LogP) is 4.01. The van der Waals surface area contributed by atoms with E-state index in [1.54, 1.807) is 0 Å². The van der Waals surface area contributed by atoms with Crippen LogP contribution in [0.3, 0.4) is 0 Å². The van der Waals surface area contributed by atoms with Crippen molar-refractivity contribution in [1.82, 2.24) is 5.32 Å². The summed E-state index contributed by atoms with van der Waals surface area (Å²) in [4.78, 5) is 0. The van der Waals surface area contributed by atoms with E-state index in [0.717, 1.165) is 6.54 Å². The maximum Gasteiger partial charge on any atom is 0.00676 e. The maximum atomic E-state index is 3.62. The minimum atomic E-state index is 0.677. The Morgan fingerprint density at radius 1 is 1.06 bits per heavy atom. The fourth-order valence-corrected chi connectivity index (χ4v) is 2.35. The highest BCUT2D eigenvalue weighted by Crippen LogP contribution is 2.12. The van der Waals surface area contributed by atoms with Gasteiger partial charge in [-0.05, 0) is 51.6 Å². The number of hydrogen-bond acceptors (Lipinski definition) is 1. The molecule has 1 aromatic carbocycles. The van der Waals surface area contributed by atoms with Crippen molar-refractivity contribution in [1.29, 1.82) is 0 Å². The topological polar surface area (TPSA) is 12.0 Å². The number of benzene rings is 1. The molecule has 0 bridgehead atoms. The van der Waals surface area contributed by atoms with Gasteiger partial charge in [0, 0.05) is 6.04 Å². The Morgan fingerprint density at radius 2 is 1.71 bits per heavy atom. The highest BCUT2D eigenvalue weighted by Gasteiger charge is 2.05. The fraction of sp³-hybridized carbons (Fsp3) is 0.625. The molecule has 0 radical (unpaired) electrons. The Hall–Kier alpha value is -0.820. The third-order valence-electron chi connectivity index (χ3n) is 3.24. The minimum Gasteiger partial charge on any atom is -0.314 e. The Balaban J connectivity index is 2.47. The molecule has 0 aromatic heterocycles. The van der Waals surface area contributed by atoms with E-state index in [4.69, 9.17) is 0 Å². The van der Waals surface area contributed by atoms with Gasteiger partial charge >= 0.3 is 0 Å². The Kier molecular flexibility index (Phi) is 6.28. The molecule has 1 nitrogen and oxygen atoms in total. The first kappa shape index (κ1) is 14.2. The quantitative estimate of drug-likeness (QED) is 0.750. The van der Waals surface area contributed by atoms with Crippen molar-refractivity contribution >= 4 is 0 Å². The van der Waals surface area contributed by atoms with E-state index in [-0.39, 0.29) is 0 Å². The van der Waals surface area contributed by atoms with Gasteiger partial charge in [0.15, 0.2) is 0 Å². The van der Waals surface area contributed by atoms with Gasteiger partial charge in [-0.1, -0.05) is 43.2 Å². The van der Waals surface area contributed by atoms with Gasteiger partial charge in [0.05, 0.1) is 0 Å². The number of rotatable bonds is 7. The van der Waals surface area contributed by atoms with Crippen LogP contribution in [0.15, 0.2) is 18.2 Å². The average molecular weight is 233 g/mol. The molecule has 0 fully saturated rings. The highest BCUT2D eigenvalue weighted by molar-refractivity contribution is 5.28. The van der Waals surface area contributed by atoms with Gasteiger partial charge in [0.25, 0.3) is 0 Å². The van der Waals surface area contributed by atoms with Crippen molar-refractivity contribution in [3.05, 3.63) is 34.9 Å². The monoisotopic (exact) mass is 233 g/mol. The van der Waals surface area contributed by atoms with Gasteiger partial charge in [-0.25, -0.2) is 0 Å². The van der Waals surface area contributed by atoms with Crippen molar-refractivity contribution in [2.45, 2.75) is 59.4 Å². The molecular formula is C16H27N. The first-order valence-electron chi connectivity index (χ1n) is 6.96. The van der Waals surface area contributed by atoms with Gasteiger partial charge in [-0.15, -0.1) is 0 Å². The zero-order valence-electron chi connectivity index (χ0n) is 11.8. The second-order valence-corrected chi connectivity index (χ2v) is 5.09. The summed E-state index contributed by atoms with van der Waals surface area (Å²) in [6, 6.07) is 7.56. The van der Waals surface area contributed by atoms with Gasteiger partial charge in [0.1, 0.15) is 0 Å². The predicted molar refractivity (Wildman–Crippen MR) is 76.6 cm³/mol. The number of nitrogens with one attached hydrogen (secondary N) is 1. The summed E-state index contributed by atoms with van der Waals surface area (Å²) in [5.74, 6) is 0. The van der Waals surface area contributed by atoms with E-state index in [1.807, 2.05) is 0 Å². The Morgan fingerprint density at radius 3 is 2.24 bits per heavy atom. The summed E-state index contributed by atoms with van der Waals surface area (Å²) in [6.07, 6.45) is 4.89. The summed E-state index contributed by atoms with van der Waals surface area (Å²) < 4.78 is 0. The molecule has 1 aromatic rings. The molecular weight excluding hydrogens is 206 g/mol. The molecule has 96 valence electrons. The lowest BCUT2D eigenvalue weighted by Crippen LogP contribution is -2.29. The van der Waals surface area contributed by atoms with Gasteiger partial charge < -0.3 is 5.32 Å². The highest BCUT2D eigenvalue weighted by atomic mass is 14.9. The molecule has 1 atom stereocenters. The molecule has 0 aliphatic heterocycles. The lowest BCUT2D eigenvalue weighted by atomic mass is 10.00. The molecule has 0 amide bonds. The summed E-state index contributed by atoms with van der Waals surface area (Å²) in [5, 5.41) is 3.62. The fourth-order valence-electron chi connectivity index (χ4n) is 2.35.